The zero-order valence-corrected chi connectivity index (χ0v) is 9.10. The highest BCUT2D eigenvalue weighted by molar-refractivity contribution is 6.32. The summed E-state index contributed by atoms with van der Waals surface area (Å²) >= 11 is 6.09. The number of nitrogen functional groups attached to an aromatic ring is 1. The third kappa shape index (κ3) is 1.85. The highest BCUT2D eigenvalue weighted by atomic mass is 35.5. The molecule has 1 atom stereocenters. The Bertz CT molecular complexity index is 350. The number of nitrogens with two attached hydrogens (primary N) is 2. The number of aliphatic hydroxyl groups is 1. The maximum Gasteiger partial charge on any atom is 0.0651 e. The van der Waals surface area contributed by atoms with Gasteiger partial charge in [-0.15, -0.1) is 0 Å². The monoisotopic (exact) mass is 214 g/mol. The van der Waals surface area contributed by atoms with Crippen molar-refractivity contribution >= 4 is 17.3 Å². The largest absolute Gasteiger partial charge is 0.398 e. The minimum Gasteiger partial charge on any atom is -0.398 e. The quantitative estimate of drug-likeness (QED) is 0.652. The molecule has 5 N–H and O–H groups in total. The Morgan fingerprint density at radius 2 is 2.07 bits per heavy atom. The fraction of sp³-hybridized carbons (Fsp3) is 0.400. The number of hydrogen-bond acceptors (Lipinski definition) is 3. The van der Waals surface area contributed by atoms with E-state index in [2.05, 4.69) is 0 Å². The van der Waals surface area contributed by atoms with Crippen molar-refractivity contribution in [3.05, 3.63) is 28.3 Å². The first-order valence-corrected chi connectivity index (χ1v) is 4.72. The van der Waals surface area contributed by atoms with Crippen molar-refractivity contribution in [3.8, 4) is 0 Å². The summed E-state index contributed by atoms with van der Waals surface area (Å²) in [5, 5.41) is 9.65. The van der Waals surface area contributed by atoms with E-state index in [1.807, 2.05) is 6.92 Å². The van der Waals surface area contributed by atoms with Crippen LogP contribution in [0.25, 0.3) is 0 Å². The van der Waals surface area contributed by atoms with Crippen LogP contribution in [0.4, 0.5) is 5.69 Å². The molecule has 0 aliphatic carbocycles. The molecule has 0 radical (unpaired) electrons. The lowest BCUT2D eigenvalue weighted by Crippen LogP contribution is -2.37. The van der Waals surface area contributed by atoms with Crippen LogP contribution in [0, 0.1) is 6.92 Å². The third-order valence-corrected chi connectivity index (χ3v) is 2.86. The molecule has 1 rings (SSSR count). The topological polar surface area (TPSA) is 72.3 Å². The molecule has 1 aromatic carbocycles. The Kier molecular flexibility index (Phi) is 3.04. The fourth-order valence-corrected chi connectivity index (χ4v) is 1.61. The zero-order chi connectivity index (χ0) is 10.9. The van der Waals surface area contributed by atoms with Gasteiger partial charge < -0.3 is 16.6 Å². The Balaban J connectivity index is 3.31. The molecule has 0 aliphatic rings. The van der Waals surface area contributed by atoms with Gasteiger partial charge >= 0.3 is 0 Å². The Morgan fingerprint density at radius 1 is 1.50 bits per heavy atom. The molecule has 78 valence electrons. The molecule has 0 saturated heterocycles. The minimum absolute atomic E-state index is 0.157. The second-order valence-electron chi connectivity index (χ2n) is 3.72. The van der Waals surface area contributed by atoms with Crippen molar-refractivity contribution in [2.75, 3.05) is 12.3 Å². The number of halogens is 1. The molecule has 0 saturated carbocycles. The van der Waals surface area contributed by atoms with Gasteiger partial charge in [0.25, 0.3) is 0 Å². The number of benzene rings is 1. The number of aliphatic hydroxyl groups excluding tert-OH is 1. The summed E-state index contributed by atoms with van der Waals surface area (Å²) in [5.41, 5.74) is 12.9. The maximum absolute atomic E-state index is 9.12. The van der Waals surface area contributed by atoms with Crippen LogP contribution >= 0.6 is 11.6 Å². The SMILES string of the molecule is Cc1c(N)ccc(C(C)(N)CO)c1Cl. The highest BCUT2D eigenvalue weighted by Gasteiger charge is 2.24. The van der Waals surface area contributed by atoms with E-state index in [1.54, 1.807) is 19.1 Å². The Labute approximate surface area is 88.7 Å². The van der Waals surface area contributed by atoms with Crippen LogP contribution in [-0.4, -0.2) is 11.7 Å². The van der Waals surface area contributed by atoms with Crippen LogP contribution in [0.3, 0.4) is 0 Å². The molecule has 1 aromatic rings. The molecule has 0 heterocycles. The smallest absolute Gasteiger partial charge is 0.0651 e. The standard InChI is InChI=1S/C10H15ClN2O/c1-6-8(12)4-3-7(9(6)11)10(2,13)5-14/h3-4,14H,5,12-13H2,1-2H3. The van der Waals surface area contributed by atoms with Crippen LogP contribution in [0.1, 0.15) is 18.1 Å². The second-order valence-corrected chi connectivity index (χ2v) is 4.09. The van der Waals surface area contributed by atoms with E-state index in [0.717, 1.165) is 5.56 Å². The van der Waals surface area contributed by atoms with Crippen molar-refractivity contribution in [2.45, 2.75) is 19.4 Å². The summed E-state index contributed by atoms with van der Waals surface area (Å²) in [5.74, 6) is 0. The van der Waals surface area contributed by atoms with Gasteiger partial charge in [0.1, 0.15) is 0 Å². The van der Waals surface area contributed by atoms with Gasteiger partial charge in [-0.1, -0.05) is 17.7 Å². The molecule has 0 spiro atoms. The van der Waals surface area contributed by atoms with Gasteiger partial charge in [-0.05, 0) is 31.0 Å². The van der Waals surface area contributed by atoms with Crippen LogP contribution < -0.4 is 11.5 Å². The average Bonchev–Trinajstić information content (AvgIpc) is 2.14. The number of rotatable bonds is 2. The number of anilines is 1. The summed E-state index contributed by atoms with van der Waals surface area (Å²) in [6, 6.07) is 3.50. The van der Waals surface area contributed by atoms with E-state index in [-0.39, 0.29) is 6.61 Å². The van der Waals surface area contributed by atoms with E-state index in [4.69, 9.17) is 28.2 Å². The zero-order valence-electron chi connectivity index (χ0n) is 8.34. The normalized spacial score (nSPS) is 15.2. The van der Waals surface area contributed by atoms with Crippen LogP contribution in [0.5, 0.6) is 0 Å². The van der Waals surface area contributed by atoms with Gasteiger partial charge in [-0.3, -0.25) is 0 Å². The first-order valence-electron chi connectivity index (χ1n) is 4.35. The maximum atomic E-state index is 9.12. The van der Waals surface area contributed by atoms with E-state index in [0.29, 0.717) is 16.3 Å². The predicted octanol–water partition coefficient (Wildman–Crippen LogP) is 1.40. The minimum atomic E-state index is -0.824. The molecular formula is C10H15ClN2O. The van der Waals surface area contributed by atoms with Gasteiger partial charge in [-0.2, -0.15) is 0 Å². The molecule has 3 nitrogen and oxygen atoms in total. The Hall–Kier alpha value is -0.770. The molecular weight excluding hydrogens is 200 g/mol. The van der Waals surface area contributed by atoms with E-state index in [9.17, 15) is 0 Å². The van der Waals surface area contributed by atoms with Gasteiger partial charge in [0, 0.05) is 5.69 Å². The third-order valence-electron chi connectivity index (χ3n) is 2.37. The lowest BCUT2D eigenvalue weighted by molar-refractivity contribution is 0.210. The first-order chi connectivity index (χ1) is 6.40. The number of hydrogen-bond donors (Lipinski definition) is 3. The van der Waals surface area contributed by atoms with Crippen molar-refractivity contribution in [3.63, 3.8) is 0 Å². The summed E-state index contributed by atoms with van der Waals surface area (Å²) in [4.78, 5) is 0. The molecule has 0 amide bonds. The van der Waals surface area contributed by atoms with Gasteiger partial charge in [0.15, 0.2) is 0 Å². The van der Waals surface area contributed by atoms with Crippen molar-refractivity contribution < 1.29 is 5.11 Å². The molecule has 0 aromatic heterocycles. The van der Waals surface area contributed by atoms with E-state index < -0.39 is 5.54 Å². The van der Waals surface area contributed by atoms with Gasteiger partial charge in [-0.25, -0.2) is 0 Å². The van der Waals surface area contributed by atoms with Crippen LogP contribution in [-0.2, 0) is 5.54 Å². The van der Waals surface area contributed by atoms with Crippen LogP contribution in [0.15, 0.2) is 12.1 Å². The summed E-state index contributed by atoms with van der Waals surface area (Å²) in [6.07, 6.45) is 0. The first kappa shape index (κ1) is 11.3. The lowest BCUT2D eigenvalue weighted by atomic mass is 9.92. The molecule has 4 heteroatoms. The van der Waals surface area contributed by atoms with Gasteiger partial charge in [0.2, 0.25) is 0 Å². The van der Waals surface area contributed by atoms with Crippen molar-refractivity contribution in [1.29, 1.82) is 0 Å². The summed E-state index contributed by atoms with van der Waals surface area (Å²) in [6.45, 7) is 3.40. The molecule has 0 fully saturated rings. The molecule has 0 bridgehead atoms. The molecule has 1 unspecified atom stereocenters. The summed E-state index contributed by atoms with van der Waals surface area (Å²) in [7, 11) is 0. The second kappa shape index (κ2) is 3.77. The summed E-state index contributed by atoms with van der Waals surface area (Å²) < 4.78 is 0. The van der Waals surface area contributed by atoms with E-state index >= 15 is 0 Å². The van der Waals surface area contributed by atoms with Crippen molar-refractivity contribution in [1.82, 2.24) is 0 Å². The fourth-order valence-electron chi connectivity index (χ4n) is 1.23. The highest BCUT2D eigenvalue weighted by Crippen LogP contribution is 2.31. The lowest BCUT2D eigenvalue weighted by Gasteiger charge is -2.24. The Morgan fingerprint density at radius 3 is 2.57 bits per heavy atom. The van der Waals surface area contributed by atoms with Crippen molar-refractivity contribution in [2.24, 2.45) is 5.73 Å². The predicted molar refractivity (Wildman–Crippen MR) is 59.2 cm³/mol. The van der Waals surface area contributed by atoms with Gasteiger partial charge in [0.05, 0.1) is 17.2 Å². The molecule has 0 aliphatic heterocycles. The van der Waals surface area contributed by atoms with Crippen LogP contribution in [0.2, 0.25) is 5.02 Å². The average molecular weight is 215 g/mol. The van der Waals surface area contributed by atoms with E-state index in [1.165, 1.54) is 0 Å². The molecule has 14 heavy (non-hydrogen) atoms.